The maximum atomic E-state index is 13.4. The predicted molar refractivity (Wildman–Crippen MR) is 115 cm³/mol. The van der Waals surface area contributed by atoms with Crippen molar-refractivity contribution in [3.63, 3.8) is 0 Å². The van der Waals surface area contributed by atoms with Gasteiger partial charge in [0.05, 0.1) is 24.2 Å². The molecule has 0 unspecified atom stereocenters. The Hall–Kier alpha value is -3.66. The molecule has 0 aliphatic heterocycles. The topological polar surface area (TPSA) is 111 Å². The van der Waals surface area contributed by atoms with E-state index in [0.29, 0.717) is 30.2 Å². The van der Waals surface area contributed by atoms with Crippen molar-refractivity contribution in [1.29, 1.82) is 0 Å². The molecule has 11 heteroatoms. The number of rotatable bonds is 9. The first-order valence-electron chi connectivity index (χ1n) is 9.09. The van der Waals surface area contributed by atoms with Gasteiger partial charge in [0, 0.05) is 12.2 Å². The van der Waals surface area contributed by atoms with E-state index in [1.165, 1.54) is 18.5 Å². The fraction of sp³-hybridized carbons (Fsp3) is 0.200. The lowest BCUT2D eigenvalue weighted by Crippen LogP contribution is -2.11. The van der Waals surface area contributed by atoms with Crippen LogP contribution in [-0.2, 0) is 6.42 Å². The molecule has 162 valence electrons. The van der Waals surface area contributed by atoms with Gasteiger partial charge in [-0.2, -0.15) is 0 Å². The SMILES string of the molecule is COc1ccc(CCNc2ncnc(Nc3ccc(F)c(Cl)c3)c2[N+](=O)[O-])cc1OC. The van der Waals surface area contributed by atoms with E-state index in [1.807, 2.05) is 12.1 Å². The van der Waals surface area contributed by atoms with Crippen LogP contribution in [-0.4, -0.2) is 35.7 Å². The molecule has 1 heterocycles. The monoisotopic (exact) mass is 447 g/mol. The summed E-state index contributed by atoms with van der Waals surface area (Å²) in [5.41, 5.74) is 0.959. The Balaban J connectivity index is 1.76. The highest BCUT2D eigenvalue weighted by atomic mass is 35.5. The molecule has 3 rings (SSSR count). The average Bonchev–Trinajstić information content (AvgIpc) is 2.76. The number of hydrogen-bond donors (Lipinski definition) is 2. The number of methoxy groups -OCH3 is 2. The van der Waals surface area contributed by atoms with Crippen molar-refractivity contribution in [2.75, 3.05) is 31.4 Å². The molecule has 0 amide bonds. The third-order valence-electron chi connectivity index (χ3n) is 4.34. The largest absolute Gasteiger partial charge is 0.493 e. The summed E-state index contributed by atoms with van der Waals surface area (Å²) in [6.07, 6.45) is 1.75. The summed E-state index contributed by atoms with van der Waals surface area (Å²) >= 11 is 5.77. The molecule has 0 radical (unpaired) electrons. The molecule has 0 spiro atoms. The number of nitrogens with one attached hydrogen (secondary N) is 2. The van der Waals surface area contributed by atoms with Crippen LogP contribution in [0.25, 0.3) is 0 Å². The van der Waals surface area contributed by atoms with Gasteiger partial charge in [-0.15, -0.1) is 0 Å². The third kappa shape index (κ3) is 5.28. The van der Waals surface area contributed by atoms with Crippen molar-refractivity contribution in [3.8, 4) is 11.5 Å². The first-order chi connectivity index (χ1) is 14.9. The Morgan fingerprint density at radius 3 is 2.52 bits per heavy atom. The minimum absolute atomic E-state index is 0.0451. The molecule has 2 aromatic carbocycles. The third-order valence-corrected chi connectivity index (χ3v) is 4.63. The maximum absolute atomic E-state index is 13.4. The normalized spacial score (nSPS) is 10.5. The number of anilines is 3. The van der Waals surface area contributed by atoms with Gasteiger partial charge in [0.25, 0.3) is 0 Å². The molecule has 0 saturated carbocycles. The zero-order chi connectivity index (χ0) is 22.4. The summed E-state index contributed by atoms with van der Waals surface area (Å²) < 4.78 is 23.9. The number of nitro groups is 1. The summed E-state index contributed by atoms with van der Waals surface area (Å²) in [7, 11) is 3.10. The Morgan fingerprint density at radius 2 is 1.84 bits per heavy atom. The summed E-state index contributed by atoms with van der Waals surface area (Å²) in [6.45, 7) is 0.370. The molecule has 0 saturated heterocycles. The van der Waals surface area contributed by atoms with E-state index >= 15 is 0 Å². The van der Waals surface area contributed by atoms with E-state index in [-0.39, 0.29) is 22.3 Å². The van der Waals surface area contributed by atoms with E-state index in [1.54, 1.807) is 20.3 Å². The number of nitrogens with zero attached hydrogens (tertiary/aromatic N) is 3. The van der Waals surface area contributed by atoms with Crippen LogP contribution in [0.15, 0.2) is 42.7 Å². The quantitative estimate of drug-likeness (QED) is 0.362. The van der Waals surface area contributed by atoms with Crippen molar-refractivity contribution in [2.45, 2.75) is 6.42 Å². The molecule has 0 aliphatic carbocycles. The van der Waals surface area contributed by atoms with E-state index < -0.39 is 10.7 Å². The van der Waals surface area contributed by atoms with Crippen LogP contribution in [0, 0.1) is 15.9 Å². The number of aromatic nitrogens is 2. The van der Waals surface area contributed by atoms with E-state index in [2.05, 4.69) is 20.6 Å². The summed E-state index contributed by atoms with van der Waals surface area (Å²) in [5.74, 6) is 0.620. The minimum Gasteiger partial charge on any atom is -0.493 e. The number of hydrogen-bond acceptors (Lipinski definition) is 8. The van der Waals surface area contributed by atoms with Crippen LogP contribution in [0.2, 0.25) is 5.02 Å². The fourth-order valence-corrected chi connectivity index (χ4v) is 3.03. The highest BCUT2D eigenvalue weighted by Gasteiger charge is 2.23. The Morgan fingerprint density at radius 1 is 1.10 bits per heavy atom. The maximum Gasteiger partial charge on any atom is 0.353 e. The molecule has 0 bridgehead atoms. The molecule has 31 heavy (non-hydrogen) atoms. The van der Waals surface area contributed by atoms with Gasteiger partial charge in [0.15, 0.2) is 11.5 Å². The molecule has 0 fully saturated rings. The minimum atomic E-state index is -0.595. The second kappa shape index (κ2) is 9.90. The van der Waals surface area contributed by atoms with Gasteiger partial charge in [-0.3, -0.25) is 10.1 Å². The average molecular weight is 448 g/mol. The second-order valence-electron chi connectivity index (χ2n) is 6.30. The Bertz CT molecular complexity index is 1100. The van der Waals surface area contributed by atoms with Gasteiger partial charge >= 0.3 is 5.69 Å². The highest BCUT2D eigenvalue weighted by molar-refractivity contribution is 6.31. The van der Waals surface area contributed by atoms with Crippen molar-refractivity contribution >= 4 is 34.6 Å². The van der Waals surface area contributed by atoms with E-state index in [4.69, 9.17) is 21.1 Å². The van der Waals surface area contributed by atoms with Gasteiger partial charge in [0.1, 0.15) is 12.1 Å². The summed E-state index contributed by atoms with van der Waals surface area (Å²) in [6, 6.07) is 9.37. The molecule has 0 atom stereocenters. The van der Waals surface area contributed by atoms with Crippen LogP contribution in [0.4, 0.5) is 27.4 Å². The lowest BCUT2D eigenvalue weighted by Gasteiger charge is -2.12. The zero-order valence-corrected chi connectivity index (χ0v) is 17.4. The number of benzene rings is 2. The molecule has 2 N–H and O–H groups in total. The molecule has 0 aliphatic rings. The standard InChI is InChI=1S/C20H19ClFN5O4/c1-30-16-6-3-12(9-17(16)31-2)7-8-23-19-18(27(28)29)20(25-11-24-19)26-13-4-5-15(22)14(21)10-13/h3-6,9-11H,7-8H2,1-2H3,(H2,23,24,25,26). The summed E-state index contributed by atoms with van der Waals surface area (Å²) in [4.78, 5) is 19.0. The lowest BCUT2D eigenvalue weighted by atomic mass is 10.1. The highest BCUT2D eigenvalue weighted by Crippen LogP contribution is 2.32. The first-order valence-corrected chi connectivity index (χ1v) is 9.47. The van der Waals surface area contributed by atoms with Gasteiger partial charge in [0.2, 0.25) is 11.6 Å². The van der Waals surface area contributed by atoms with Crippen LogP contribution in [0.1, 0.15) is 5.56 Å². The molecule has 3 aromatic rings. The smallest absolute Gasteiger partial charge is 0.353 e. The number of halogens is 2. The zero-order valence-electron chi connectivity index (χ0n) is 16.7. The summed E-state index contributed by atoms with van der Waals surface area (Å²) in [5, 5.41) is 17.3. The van der Waals surface area contributed by atoms with Gasteiger partial charge in [-0.25, -0.2) is 14.4 Å². The molecule has 1 aromatic heterocycles. The van der Waals surface area contributed by atoms with Gasteiger partial charge in [-0.1, -0.05) is 17.7 Å². The second-order valence-corrected chi connectivity index (χ2v) is 6.70. The lowest BCUT2D eigenvalue weighted by molar-refractivity contribution is -0.383. The van der Waals surface area contributed by atoms with Crippen molar-refractivity contribution in [2.24, 2.45) is 0 Å². The van der Waals surface area contributed by atoms with Crippen LogP contribution >= 0.6 is 11.6 Å². The van der Waals surface area contributed by atoms with Crippen molar-refractivity contribution < 1.29 is 18.8 Å². The van der Waals surface area contributed by atoms with E-state index in [0.717, 1.165) is 11.6 Å². The van der Waals surface area contributed by atoms with Crippen LogP contribution < -0.4 is 20.1 Å². The van der Waals surface area contributed by atoms with E-state index in [9.17, 15) is 14.5 Å². The number of ether oxygens (including phenoxy) is 2. The molecule has 9 nitrogen and oxygen atoms in total. The Kier molecular flexibility index (Phi) is 7.03. The molecular formula is C20H19ClFN5O4. The van der Waals surface area contributed by atoms with Crippen LogP contribution in [0.5, 0.6) is 11.5 Å². The fourth-order valence-electron chi connectivity index (χ4n) is 2.84. The molecular weight excluding hydrogens is 429 g/mol. The van der Waals surface area contributed by atoms with Crippen molar-refractivity contribution in [1.82, 2.24) is 9.97 Å². The Labute approximate surface area is 182 Å². The van der Waals surface area contributed by atoms with Crippen molar-refractivity contribution in [3.05, 3.63) is 69.2 Å². The first kappa shape index (κ1) is 22.0. The van der Waals surface area contributed by atoms with Crippen LogP contribution in [0.3, 0.4) is 0 Å². The van der Waals surface area contributed by atoms with Gasteiger partial charge in [-0.05, 0) is 42.3 Å². The van der Waals surface area contributed by atoms with Gasteiger partial charge < -0.3 is 20.1 Å². The predicted octanol–water partition coefficient (Wildman–Crippen LogP) is 4.59.